The molecule has 0 aliphatic carbocycles. The van der Waals surface area contributed by atoms with Crippen LogP contribution in [0.25, 0.3) is 38.3 Å². The molecule has 3 amide bonds. The highest BCUT2D eigenvalue weighted by atomic mass is 35.5. The highest BCUT2D eigenvalue weighted by Crippen LogP contribution is 2.44. The molecule has 1 aliphatic rings. The monoisotopic (exact) mass is 636 g/mol. The maximum atomic E-state index is 13.9. The summed E-state index contributed by atoms with van der Waals surface area (Å²) in [6, 6.07) is 11.1. The molecule has 0 unspecified atom stereocenters. The highest BCUT2D eigenvalue weighted by molar-refractivity contribution is 7.21. The van der Waals surface area contributed by atoms with E-state index in [0.29, 0.717) is 33.1 Å². The fraction of sp³-hybridized carbons (Fsp3) is 0.364. The number of rotatable bonds is 2. The van der Waals surface area contributed by atoms with Gasteiger partial charge in [-0.2, -0.15) is 0 Å². The quantitative estimate of drug-likeness (QED) is 0.202. The summed E-state index contributed by atoms with van der Waals surface area (Å²) >= 11 is 7.43. The number of carbonyl (C=O) groups is 3. The number of carbonyl (C=O) groups excluding carboxylic acids is 3. The molecule has 4 heterocycles. The minimum absolute atomic E-state index is 0.0282. The summed E-state index contributed by atoms with van der Waals surface area (Å²) in [5, 5.41) is 1.74. The minimum Gasteiger partial charge on any atom is -0.443 e. The molecular formula is C33H37ClN4O5S. The second-order valence-corrected chi connectivity index (χ2v) is 13.3. The molecule has 0 saturated carbocycles. The Morgan fingerprint density at radius 1 is 0.932 bits per heavy atom. The average molecular weight is 637 g/mol. The molecule has 0 fully saturated rings. The fourth-order valence-electron chi connectivity index (χ4n) is 4.64. The number of ether oxygens (including phenoxy) is 2. The molecule has 0 spiro atoms. The molecule has 5 rings (SSSR count). The Labute approximate surface area is 266 Å². The maximum Gasteiger partial charge on any atom is 0.417 e. The summed E-state index contributed by atoms with van der Waals surface area (Å²) in [5.41, 5.74) is 1.53. The van der Waals surface area contributed by atoms with Crippen LogP contribution in [-0.4, -0.2) is 57.3 Å². The van der Waals surface area contributed by atoms with E-state index in [9.17, 15) is 14.4 Å². The molecule has 0 saturated heterocycles. The number of thiophene rings is 1. The van der Waals surface area contributed by atoms with Gasteiger partial charge in [0.25, 0.3) is 5.91 Å². The summed E-state index contributed by atoms with van der Waals surface area (Å²) in [6.07, 6.45) is 0.226. The summed E-state index contributed by atoms with van der Waals surface area (Å²) in [5.74, 6) is -0.535. The van der Waals surface area contributed by atoms with Gasteiger partial charge >= 0.3 is 12.2 Å². The third-order valence-electron chi connectivity index (χ3n) is 6.30. The van der Waals surface area contributed by atoms with Gasteiger partial charge in [-0.3, -0.25) is 9.69 Å². The normalized spacial score (nSPS) is 13.6. The number of imide groups is 1. The Morgan fingerprint density at radius 2 is 1.55 bits per heavy atom. The first-order valence-corrected chi connectivity index (χ1v) is 15.6. The van der Waals surface area contributed by atoms with E-state index in [1.165, 1.54) is 16.2 Å². The van der Waals surface area contributed by atoms with Gasteiger partial charge in [-0.1, -0.05) is 32.0 Å². The van der Waals surface area contributed by atoms with Gasteiger partial charge in [0.05, 0.1) is 29.1 Å². The summed E-state index contributed by atoms with van der Waals surface area (Å²) in [6.45, 7) is 18.3. The first-order chi connectivity index (χ1) is 20.6. The number of aromatic nitrogens is 2. The molecule has 3 aromatic heterocycles. The van der Waals surface area contributed by atoms with E-state index in [1.54, 1.807) is 53.7 Å². The third kappa shape index (κ3) is 6.87. The van der Waals surface area contributed by atoms with Crippen molar-refractivity contribution in [2.75, 3.05) is 18.0 Å². The van der Waals surface area contributed by atoms with Crippen molar-refractivity contribution in [1.29, 1.82) is 0 Å². The van der Waals surface area contributed by atoms with Crippen molar-refractivity contribution >= 4 is 73.8 Å². The van der Waals surface area contributed by atoms with E-state index in [-0.39, 0.29) is 18.0 Å². The van der Waals surface area contributed by atoms with Crippen molar-refractivity contribution in [2.24, 2.45) is 0 Å². The van der Waals surface area contributed by atoms with Crippen LogP contribution in [0.2, 0.25) is 5.15 Å². The van der Waals surface area contributed by atoms with Gasteiger partial charge in [-0.25, -0.2) is 24.5 Å². The van der Waals surface area contributed by atoms with Crippen LogP contribution in [0.3, 0.4) is 0 Å². The molecule has 1 aromatic carbocycles. The van der Waals surface area contributed by atoms with Gasteiger partial charge in [0, 0.05) is 27.6 Å². The number of nitrogens with zero attached hydrogens (tertiary/aromatic N) is 4. The number of halogens is 1. The molecular weight excluding hydrogens is 600 g/mol. The number of amides is 3. The third-order valence-corrected chi connectivity index (χ3v) is 7.63. The van der Waals surface area contributed by atoms with E-state index in [0.717, 1.165) is 20.5 Å². The minimum atomic E-state index is -0.803. The number of benzene rings is 1. The lowest BCUT2D eigenvalue weighted by atomic mass is 10.1. The Morgan fingerprint density at radius 3 is 2.16 bits per heavy atom. The van der Waals surface area contributed by atoms with Crippen molar-refractivity contribution in [3.05, 3.63) is 58.7 Å². The number of hydrogen-bond acceptors (Lipinski definition) is 8. The Bertz CT molecular complexity index is 1770. The lowest BCUT2D eigenvalue weighted by molar-refractivity contribution is 0.0245. The molecule has 1 aliphatic heterocycles. The van der Waals surface area contributed by atoms with Gasteiger partial charge in [0.15, 0.2) is 0 Å². The van der Waals surface area contributed by atoms with Crippen molar-refractivity contribution in [2.45, 2.75) is 66.6 Å². The molecule has 0 radical (unpaired) electrons. The molecule has 0 bridgehead atoms. The molecule has 44 heavy (non-hydrogen) atoms. The van der Waals surface area contributed by atoms with Crippen molar-refractivity contribution < 1.29 is 23.9 Å². The second-order valence-electron chi connectivity index (χ2n) is 11.9. The second kappa shape index (κ2) is 12.5. The topological polar surface area (TPSA) is 102 Å². The summed E-state index contributed by atoms with van der Waals surface area (Å²) < 4.78 is 12.0. The molecule has 9 nitrogen and oxygen atoms in total. The van der Waals surface area contributed by atoms with E-state index in [4.69, 9.17) is 26.1 Å². The van der Waals surface area contributed by atoms with Crippen molar-refractivity contribution in [3.63, 3.8) is 0 Å². The zero-order chi connectivity index (χ0) is 32.6. The number of fused-ring (bicyclic) bond motifs is 5. The van der Waals surface area contributed by atoms with Crippen molar-refractivity contribution in [3.8, 4) is 11.3 Å². The molecule has 0 N–H and O–H groups in total. The fourth-order valence-corrected chi connectivity index (χ4v) is 6.03. The molecule has 232 valence electrons. The van der Waals surface area contributed by atoms with Crippen molar-refractivity contribution in [1.82, 2.24) is 14.9 Å². The molecule has 11 heteroatoms. The standard InChI is InChI=1S/C31H31ClN4O5S.C2H6/c1-8-18-15-17(16-23(32)33-18)20-10-9-19-21(34-20)11-12-22-24(19)25-26(42-22)27(37)36(29(39)41-31(5,6)7)14-13-35(25)28(38)40-30(2,3)4;1-2/h8-12,15-16H,1,13-14H2,2-7H3;1-2H3. The van der Waals surface area contributed by atoms with Crippen LogP contribution >= 0.6 is 22.9 Å². The van der Waals surface area contributed by atoms with E-state index in [2.05, 4.69) is 11.6 Å². The van der Waals surface area contributed by atoms with Gasteiger partial charge < -0.3 is 9.47 Å². The van der Waals surface area contributed by atoms with Gasteiger partial charge in [0.1, 0.15) is 21.2 Å². The SMILES string of the molecule is C=Cc1cc(-c2ccc3c(ccc4sc5c(c43)N(C(=O)OC(C)(C)C)CCN(C(=O)OC(C)(C)C)C5=O)n2)cc(Cl)n1.CC. The lowest BCUT2D eigenvalue weighted by Gasteiger charge is -2.27. The van der Waals surface area contributed by atoms with Gasteiger partial charge in [0.2, 0.25) is 0 Å². The Hall–Kier alpha value is -4.02. The van der Waals surface area contributed by atoms with E-state index < -0.39 is 29.3 Å². The average Bonchev–Trinajstić information content (AvgIpc) is 3.26. The number of pyridine rings is 2. The summed E-state index contributed by atoms with van der Waals surface area (Å²) in [7, 11) is 0. The molecule has 0 atom stereocenters. The smallest absolute Gasteiger partial charge is 0.417 e. The van der Waals surface area contributed by atoms with Crippen LogP contribution in [0.5, 0.6) is 0 Å². The zero-order valence-electron chi connectivity index (χ0n) is 26.3. The number of hydrogen-bond donors (Lipinski definition) is 0. The van der Waals surface area contributed by atoms with Gasteiger partial charge in [-0.15, -0.1) is 11.3 Å². The first-order valence-electron chi connectivity index (χ1n) is 14.4. The van der Waals surface area contributed by atoms with E-state index >= 15 is 0 Å². The van der Waals surface area contributed by atoms with Crippen LogP contribution in [-0.2, 0) is 9.47 Å². The van der Waals surface area contributed by atoms with E-state index in [1.807, 2.05) is 44.2 Å². The number of anilines is 1. The Balaban J connectivity index is 0.00000216. The van der Waals surface area contributed by atoms with Crippen LogP contribution in [0.4, 0.5) is 15.3 Å². The largest absolute Gasteiger partial charge is 0.443 e. The van der Waals surface area contributed by atoms with Crippen LogP contribution in [0, 0.1) is 0 Å². The Kier molecular flexibility index (Phi) is 9.37. The van der Waals surface area contributed by atoms with Crippen LogP contribution in [0.1, 0.15) is 70.8 Å². The summed E-state index contributed by atoms with van der Waals surface area (Å²) in [4.78, 5) is 52.4. The lowest BCUT2D eigenvalue weighted by Crippen LogP contribution is -2.44. The van der Waals surface area contributed by atoms with Crippen LogP contribution in [0.15, 0.2) is 43.0 Å². The van der Waals surface area contributed by atoms with Crippen LogP contribution < -0.4 is 4.90 Å². The molecule has 4 aromatic rings. The predicted molar refractivity (Wildman–Crippen MR) is 178 cm³/mol. The predicted octanol–water partition coefficient (Wildman–Crippen LogP) is 8.97. The highest BCUT2D eigenvalue weighted by Gasteiger charge is 2.39. The van der Waals surface area contributed by atoms with Gasteiger partial charge in [-0.05, 0) is 84.0 Å². The zero-order valence-corrected chi connectivity index (χ0v) is 27.9. The first kappa shape index (κ1) is 32.9. The maximum absolute atomic E-state index is 13.9.